The van der Waals surface area contributed by atoms with Crippen LogP contribution in [0.5, 0.6) is 11.5 Å². The molecule has 3 rings (SSSR count). The molecule has 10 nitrogen and oxygen atoms in total. The Labute approximate surface area is 203 Å². The summed E-state index contributed by atoms with van der Waals surface area (Å²) in [6.45, 7) is 0. The third-order valence-corrected chi connectivity index (χ3v) is 6.85. The van der Waals surface area contributed by atoms with Gasteiger partial charge in [-0.05, 0) is 48.0 Å². The third kappa shape index (κ3) is 6.16. The fourth-order valence-corrected chi connectivity index (χ4v) is 4.12. The Balaban J connectivity index is 1.78. The highest BCUT2D eigenvalue weighted by Gasteiger charge is 2.18. The van der Waals surface area contributed by atoms with Gasteiger partial charge in [-0.1, -0.05) is 29.0 Å². The number of benzene rings is 2. The summed E-state index contributed by atoms with van der Waals surface area (Å²) in [7, 11) is -2.20. The van der Waals surface area contributed by atoms with Crippen molar-refractivity contribution in [1.82, 2.24) is 10.2 Å². The maximum atomic E-state index is 12.4. The van der Waals surface area contributed by atoms with E-state index in [9.17, 15) is 23.3 Å². The minimum atomic E-state index is -3.57. The SMILES string of the molecule is COc1cc(/C=C(/C#N)C(=O)Nc2nnc(S(C)(=O)=O)s2)ccc1OC(=O)c1ccc(Cl)cc1. The molecular formula is C21H15ClN4O6S2. The van der Waals surface area contributed by atoms with Gasteiger partial charge in [0.15, 0.2) is 11.5 Å². The van der Waals surface area contributed by atoms with Gasteiger partial charge in [0.2, 0.25) is 19.3 Å². The Morgan fingerprint density at radius 1 is 1.15 bits per heavy atom. The largest absolute Gasteiger partial charge is 0.493 e. The van der Waals surface area contributed by atoms with Crippen molar-refractivity contribution in [3.63, 3.8) is 0 Å². The zero-order valence-corrected chi connectivity index (χ0v) is 20.0. The average molecular weight is 519 g/mol. The highest BCUT2D eigenvalue weighted by atomic mass is 35.5. The fraction of sp³-hybridized carbons (Fsp3) is 0.0952. The van der Waals surface area contributed by atoms with Gasteiger partial charge in [-0.25, -0.2) is 13.2 Å². The number of amides is 1. The van der Waals surface area contributed by atoms with Crippen LogP contribution in [0.2, 0.25) is 5.02 Å². The fourth-order valence-electron chi connectivity index (χ4n) is 2.49. The van der Waals surface area contributed by atoms with Gasteiger partial charge in [-0.3, -0.25) is 10.1 Å². The van der Waals surface area contributed by atoms with Crippen molar-refractivity contribution in [2.24, 2.45) is 0 Å². The topological polar surface area (TPSA) is 148 Å². The number of rotatable bonds is 7. The number of hydrogen-bond donors (Lipinski definition) is 1. The van der Waals surface area contributed by atoms with Crippen molar-refractivity contribution in [2.45, 2.75) is 4.34 Å². The summed E-state index contributed by atoms with van der Waals surface area (Å²) in [5.41, 5.74) is 0.405. The number of nitrogens with zero attached hydrogens (tertiary/aromatic N) is 3. The number of sulfone groups is 1. The molecule has 174 valence electrons. The molecule has 3 aromatic rings. The van der Waals surface area contributed by atoms with E-state index in [1.54, 1.807) is 18.2 Å². The lowest BCUT2D eigenvalue weighted by Crippen LogP contribution is -2.13. The number of halogens is 1. The number of methoxy groups -OCH3 is 1. The van der Waals surface area contributed by atoms with Crippen LogP contribution in [0.1, 0.15) is 15.9 Å². The van der Waals surface area contributed by atoms with Gasteiger partial charge >= 0.3 is 5.97 Å². The summed E-state index contributed by atoms with van der Waals surface area (Å²) >= 11 is 6.48. The molecule has 13 heteroatoms. The minimum Gasteiger partial charge on any atom is -0.493 e. The van der Waals surface area contributed by atoms with Crippen molar-refractivity contribution in [3.05, 3.63) is 64.2 Å². The second-order valence-corrected chi connectivity index (χ2v) is 10.2. The molecule has 0 saturated heterocycles. The first-order valence-corrected chi connectivity index (χ1v) is 12.3. The van der Waals surface area contributed by atoms with E-state index in [0.717, 1.165) is 6.26 Å². The number of aromatic nitrogens is 2. The Morgan fingerprint density at radius 3 is 2.44 bits per heavy atom. The number of anilines is 1. The highest BCUT2D eigenvalue weighted by Crippen LogP contribution is 2.30. The maximum Gasteiger partial charge on any atom is 0.343 e. The molecular weight excluding hydrogens is 504 g/mol. The van der Waals surface area contributed by atoms with Gasteiger partial charge < -0.3 is 9.47 Å². The van der Waals surface area contributed by atoms with Gasteiger partial charge in [-0.2, -0.15) is 5.26 Å². The second kappa shape index (κ2) is 10.4. The van der Waals surface area contributed by atoms with Crippen LogP contribution >= 0.6 is 22.9 Å². The van der Waals surface area contributed by atoms with E-state index in [0.29, 0.717) is 21.9 Å². The summed E-state index contributed by atoms with van der Waals surface area (Å²) in [5, 5.41) is 19.2. The summed E-state index contributed by atoms with van der Waals surface area (Å²) in [5.74, 6) is -1.11. The Kier molecular flexibility index (Phi) is 7.62. The zero-order valence-electron chi connectivity index (χ0n) is 17.6. The first-order valence-electron chi connectivity index (χ1n) is 9.23. The van der Waals surface area contributed by atoms with Gasteiger partial charge in [-0.15, -0.1) is 10.2 Å². The number of carbonyl (C=O) groups is 2. The van der Waals surface area contributed by atoms with Crippen molar-refractivity contribution >= 4 is 55.9 Å². The lowest BCUT2D eigenvalue weighted by Gasteiger charge is -2.10. The smallest absolute Gasteiger partial charge is 0.343 e. The predicted molar refractivity (Wildman–Crippen MR) is 125 cm³/mol. The molecule has 0 spiro atoms. The van der Waals surface area contributed by atoms with Crippen molar-refractivity contribution in [2.75, 3.05) is 18.7 Å². The summed E-state index contributed by atoms with van der Waals surface area (Å²) in [4.78, 5) is 24.8. The standard InChI is InChI=1S/C21H15ClN4O6S2/c1-31-17-10-12(3-8-16(17)32-19(28)13-4-6-15(22)7-5-13)9-14(11-23)18(27)24-20-25-26-21(33-20)34(2,29)30/h3-10H,1-2H3,(H,24,25,27)/b14-9-. The number of esters is 1. The van der Waals surface area contributed by atoms with Gasteiger partial charge in [0.1, 0.15) is 11.6 Å². The lowest BCUT2D eigenvalue weighted by atomic mass is 10.1. The molecule has 0 radical (unpaired) electrons. The maximum absolute atomic E-state index is 12.4. The normalized spacial score (nSPS) is 11.4. The van der Waals surface area contributed by atoms with Crippen LogP contribution in [0, 0.1) is 11.3 Å². The van der Waals surface area contributed by atoms with Gasteiger partial charge in [0.05, 0.1) is 12.7 Å². The first kappa shape index (κ1) is 24.8. The first-order chi connectivity index (χ1) is 16.1. The number of nitrogens with one attached hydrogen (secondary N) is 1. The molecule has 34 heavy (non-hydrogen) atoms. The molecule has 0 fully saturated rings. The van der Waals surface area contributed by atoms with Crippen LogP contribution in [-0.2, 0) is 14.6 Å². The Bertz CT molecular complexity index is 1430. The van der Waals surface area contributed by atoms with Gasteiger partial charge in [0, 0.05) is 11.3 Å². The van der Waals surface area contributed by atoms with Crippen molar-refractivity contribution < 1.29 is 27.5 Å². The van der Waals surface area contributed by atoms with E-state index in [-0.39, 0.29) is 32.1 Å². The Hall–Kier alpha value is -3.79. The van der Waals surface area contributed by atoms with Crippen LogP contribution < -0.4 is 14.8 Å². The number of ether oxygens (including phenoxy) is 2. The van der Waals surface area contributed by atoms with Crippen LogP contribution in [0.4, 0.5) is 5.13 Å². The molecule has 0 unspecified atom stereocenters. The van der Waals surface area contributed by atoms with Crippen molar-refractivity contribution in [3.8, 4) is 17.6 Å². The molecule has 0 aliphatic heterocycles. The summed E-state index contributed by atoms with van der Waals surface area (Å²) in [6, 6.07) is 12.4. The van der Waals surface area contributed by atoms with Crippen LogP contribution in [0.15, 0.2) is 52.4 Å². The highest BCUT2D eigenvalue weighted by molar-refractivity contribution is 7.92. The molecule has 0 aliphatic carbocycles. The van der Waals surface area contributed by atoms with E-state index in [2.05, 4.69) is 15.5 Å². The second-order valence-electron chi connectivity index (χ2n) is 6.58. The van der Waals surface area contributed by atoms with Gasteiger partial charge in [0.25, 0.3) is 5.91 Å². The van der Waals surface area contributed by atoms with Crippen molar-refractivity contribution in [1.29, 1.82) is 5.26 Å². The van der Waals surface area contributed by atoms with E-state index >= 15 is 0 Å². The lowest BCUT2D eigenvalue weighted by molar-refractivity contribution is -0.112. The number of carbonyl (C=O) groups excluding carboxylic acids is 2. The monoisotopic (exact) mass is 518 g/mol. The number of hydrogen-bond acceptors (Lipinski definition) is 10. The van der Waals surface area contributed by atoms with Crippen LogP contribution in [-0.4, -0.2) is 43.9 Å². The predicted octanol–water partition coefficient (Wildman–Crippen LogP) is 3.37. The molecule has 0 bridgehead atoms. The zero-order chi connectivity index (χ0) is 24.9. The number of nitriles is 1. The molecule has 1 heterocycles. The summed E-state index contributed by atoms with van der Waals surface area (Å²) in [6.07, 6.45) is 2.24. The molecule has 0 atom stereocenters. The molecule has 1 N–H and O–H groups in total. The molecule has 0 saturated carbocycles. The molecule has 2 aromatic carbocycles. The molecule has 1 amide bonds. The Morgan fingerprint density at radius 2 is 1.85 bits per heavy atom. The van der Waals surface area contributed by atoms with E-state index in [1.807, 2.05) is 0 Å². The molecule has 1 aromatic heterocycles. The van der Waals surface area contributed by atoms with E-state index < -0.39 is 21.7 Å². The van der Waals surface area contributed by atoms with Crippen LogP contribution in [0.25, 0.3) is 6.08 Å². The van der Waals surface area contributed by atoms with E-state index in [4.69, 9.17) is 21.1 Å². The summed E-state index contributed by atoms with van der Waals surface area (Å²) < 4.78 is 33.4. The average Bonchev–Trinajstić information content (AvgIpc) is 3.27. The minimum absolute atomic E-state index is 0.0754. The van der Waals surface area contributed by atoms with E-state index in [1.165, 1.54) is 43.5 Å². The quantitative estimate of drug-likeness (QED) is 0.163. The molecule has 0 aliphatic rings. The third-order valence-electron chi connectivity index (χ3n) is 4.09. The van der Waals surface area contributed by atoms with Crippen LogP contribution in [0.3, 0.4) is 0 Å².